The van der Waals surface area contributed by atoms with Crippen molar-refractivity contribution in [2.45, 2.75) is 26.9 Å². The minimum absolute atomic E-state index is 0. The maximum absolute atomic E-state index is 12.0. The third kappa shape index (κ3) is 4.76. The molecule has 2 rings (SSSR count). The molecule has 0 aliphatic rings. The number of rotatable bonds is 4. The molecule has 0 spiro atoms. The Kier molecular flexibility index (Phi) is 6.18. The van der Waals surface area contributed by atoms with Crippen LogP contribution in [-0.4, -0.2) is 17.0 Å². The van der Waals surface area contributed by atoms with Crippen LogP contribution < -0.4 is 10.1 Å². The zero-order valence-electron chi connectivity index (χ0n) is 12.3. The average molecular weight is 307 g/mol. The number of aromatic nitrogens is 1. The van der Waals surface area contributed by atoms with Crippen molar-refractivity contribution in [2.24, 2.45) is 0 Å². The van der Waals surface area contributed by atoms with Crippen LogP contribution in [0.3, 0.4) is 0 Å². The van der Waals surface area contributed by atoms with Crippen LogP contribution in [-0.2, 0) is 0 Å². The first kappa shape index (κ1) is 17.0. The van der Waals surface area contributed by atoms with Crippen LogP contribution in [0.1, 0.15) is 29.8 Å². The third-order valence-electron chi connectivity index (χ3n) is 2.72. The lowest BCUT2D eigenvalue weighted by molar-refractivity contribution is 0.102. The fourth-order valence-corrected chi connectivity index (χ4v) is 1.81. The number of pyridine rings is 1. The molecule has 1 amide bonds. The molecule has 0 saturated heterocycles. The smallest absolute Gasteiger partial charge is 0.257 e. The van der Waals surface area contributed by atoms with Gasteiger partial charge in [0.15, 0.2) is 0 Å². The molecule has 4 nitrogen and oxygen atoms in total. The molecule has 112 valence electrons. The van der Waals surface area contributed by atoms with Gasteiger partial charge in [0.1, 0.15) is 5.75 Å². The van der Waals surface area contributed by atoms with Gasteiger partial charge in [-0.15, -0.1) is 12.4 Å². The summed E-state index contributed by atoms with van der Waals surface area (Å²) in [5.41, 5.74) is 2.27. The largest absolute Gasteiger partial charge is 0.491 e. The Morgan fingerprint density at radius 2 is 2.05 bits per heavy atom. The molecule has 0 bridgehead atoms. The highest BCUT2D eigenvalue weighted by Crippen LogP contribution is 2.23. The van der Waals surface area contributed by atoms with Crippen LogP contribution in [0.25, 0.3) is 0 Å². The summed E-state index contributed by atoms with van der Waals surface area (Å²) in [6.45, 7) is 5.92. The fraction of sp³-hybridized carbons (Fsp3) is 0.250. The second-order valence-electron chi connectivity index (χ2n) is 4.84. The maximum atomic E-state index is 12.0. The van der Waals surface area contributed by atoms with Crippen molar-refractivity contribution < 1.29 is 9.53 Å². The highest BCUT2D eigenvalue weighted by Gasteiger charge is 2.08. The Bertz CT molecular complexity index is 600. The molecule has 0 unspecified atom stereocenters. The van der Waals surface area contributed by atoms with E-state index in [1.54, 1.807) is 24.5 Å². The minimum Gasteiger partial charge on any atom is -0.491 e. The number of ether oxygens (including phenoxy) is 1. The summed E-state index contributed by atoms with van der Waals surface area (Å²) in [5, 5.41) is 2.85. The molecule has 0 atom stereocenters. The summed E-state index contributed by atoms with van der Waals surface area (Å²) in [5.74, 6) is 0.661. The molecule has 2 aromatic rings. The summed E-state index contributed by atoms with van der Waals surface area (Å²) in [7, 11) is 0. The molecule has 5 heteroatoms. The predicted molar refractivity (Wildman–Crippen MR) is 86.4 cm³/mol. The molecule has 0 fully saturated rings. The summed E-state index contributed by atoms with van der Waals surface area (Å²) in [4.78, 5) is 15.9. The molecule has 1 heterocycles. The molecule has 0 radical (unpaired) electrons. The molecule has 21 heavy (non-hydrogen) atoms. The van der Waals surface area contributed by atoms with Crippen molar-refractivity contribution in [2.75, 3.05) is 5.32 Å². The zero-order valence-corrected chi connectivity index (χ0v) is 13.1. The molecular formula is C16H19ClN2O2. The first-order valence-corrected chi connectivity index (χ1v) is 6.55. The topological polar surface area (TPSA) is 51.2 Å². The van der Waals surface area contributed by atoms with Gasteiger partial charge in [-0.1, -0.05) is 0 Å². The molecular weight excluding hydrogens is 288 g/mol. The summed E-state index contributed by atoms with van der Waals surface area (Å²) < 4.78 is 5.67. The number of nitrogens with one attached hydrogen (secondary N) is 1. The van der Waals surface area contributed by atoms with Crippen molar-refractivity contribution in [3.8, 4) is 5.75 Å². The van der Waals surface area contributed by atoms with Crippen LogP contribution in [0.5, 0.6) is 5.75 Å². The van der Waals surface area contributed by atoms with E-state index in [9.17, 15) is 4.79 Å². The number of amides is 1. The summed E-state index contributed by atoms with van der Waals surface area (Å²) in [6.07, 6.45) is 3.31. The lowest BCUT2D eigenvalue weighted by Crippen LogP contribution is -2.12. The van der Waals surface area contributed by atoms with E-state index in [2.05, 4.69) is 10.3 Å². The molecule has 0 aliphatic carbocycles. The van der Waals surface area contributed by atoms with Gasteiger partial charge in [-0.25, -0.2) is 0 Å². The average Bonchev–Trinajstić information content (AvgIpc) is 2.42. The zero-order chi connectivity index (χ0) is 14.5. The summed E-state index contributed by atoms with van der Waals surface area (Å²) in [6, 6.07) is 9.06. The van der Waals surface area contributed by atoms with E-state index in [4.69, 9.17) is 4.74 Å². The van der Waals surface area contributed by atoms with Gasteiger partial charge in [0.2, 0.25) is 0 Å². The number of nitrogens with zero attached hydrogens (tertiary/aromatic N) is 1. The van der Waals surface area contributed by atoms with Crippen molar-refractivity contribution >= 4 is 24.0 Å². The lowest BCUT2D eigenvalue weighted by atomic mass is 10.2. The Morgan fingerprint density at radius 3 is 2.62 bits per heavy atom. The van der Waals surface area contributed by atoms with Gasteiger partial charge in [-0.3, -0.25) is 9.78 Å². The second-order valence-corrected chi connectivity index (χ2v) is 4.84. The van der Waals surface area contributed by atoms with Gasteiger partial charge < -0.3 is 10.1 Å². The van der Waals surface area contributed by atoms with E-state index in [-0.39, 0.29) is 24.4 Å². The first-order chi connectivity index (χ1) is 9.56. The predicted octanol–water partition coefficient (Wildman–Crippen LogP) is 3.85. The lowest BCUT2D eigenvalue weighted by Gasteiger charge is -2.13. The number of carbonyl (C=O) groups excluding carboxylic acids is 1. The quantitative estimate of drug-likeness (QED) is 0.933. The molecule has 1 aromatic carbocycles. The van der Waals surface area contributed by atoms with Crippen molar-refractivity contribution in [3.05, 3.63) is 53.9 Å². The molecule has 1 N–H and O–H groups in total. The molecule has 1 aromatic heterocycles. The molecule has 0 saturated carbocycles. The Labute approximate surface area is 131 Å². The van der Waals surface area contributed by atoms with E-state index in [1.807, 2.05) is 39.0 Å². The first-order valence-electron chi connectivity index (χ1n) is 6.55. The van der Waals surface area contributed by atoms with E-state index in [1.165, 1.54) is 0 Å². The number of hydrogen-bond acceptors (Lipinski definition) is 3. The van der Waals surface area contributed by atoms with Crippen molar-refractivity contribution in [3.63, 3.8) is 0 Å². The minimum atomic E-state index is -0.171. The number of anilines is 1. The van der Waals surface area contributed by atoms with E-state index < -0.39 is 0 Å². The van der Waals surface area contributed by atoms with Crippen LogP contribution in [0.4, 0.5) is 5.69 Å². The SMILES string of the molecule is Cc1cc(NC(=O)c2cccnc2)ccc1OC(C)C.Cl. The standard InChI is InChI=1S/C16H18N2O2.ClH/c1-11(2)20-15-7-6-14(9-12(15)3)18-16(19)13-5-4-8-17-10-13;/h4-11H,1-3H3,(H,18,19);1H. The number of benzene rings is 1. The number of carbonyl (C=O) groups is 1. The normalized spacial score (nSPS) is 9.90. The highest BCUT2D eigenvalue weighted by atomic mass is 35.5. The van der Waals surface area contributed by atoms with Gasteiger partial charge in [0.05, 0.1) is 11.7 Å². The van der Waals surface area contributed by atoms with Gasteiger partial charge >= 0.3 is 0 Å². The van der Waals surface area contributed by atoms with Gasteiger partial charge in [-0.2, -0.15) is 0 Å². The molecule has 0 aliphatic heterocycles. The Balaban J connectivity index is 0.00000220. The van der Waals surface area contributed by atoms with Crippen LogP contribution in [0.15, 0.2) is 42.7 Å². The van der Waals surface area contributed by atoms with Crippen LogP contribution in [0.2, 0.25) is 0 Å². The van der Waals surface area contributed by atoms with Crippen LogP contribution in [0, 0.1) is 6.92 Å². The van der Waals surface area contributed by atoms with Crippen molar-refractivity contribution in [1.29, 1.82) is 0 Å². The van der Waals surface area contributed by atoms with E-state index in [0.717, 1.165) is 17.0 Å². The van der Waals surface area contributed by atoms with Gasteiger partial charge in [-0.05, 0) is 56.7 Å². The number of aryl methyl sites for hydroxylation is 1. The van der Waals surface area contributed by atoms with Crippen molar-refractivity contribution in [1.82, 2.24) is 4.98 Å². The van der Waals surface area contributed by atoms with E-state index >= 15 is 0 Å². The summed E-state index contributed by atoms with van der Waals surface area (Å²) >= 11 is 0. The van der Waals surface area contributed by atoms with Crippen LogP contribution >= 0.6 is 12.4 Å². The van der Waals surface area contributed by atoms with Gasteiger partial charge in [0.25, 0.3) is 5.91 Å². The Morgan fingerprint density at radius 1 is 1.29 bits per heavy atom. The van der Waals surface area contributed by atoms with Gasteiger partial charge in [0, 0.05) is 18.1 Å². The third-order valence-corrected chi connectivity index (χ3v) is 2.72. The van der Waals surface area contributed by atoms with E-state index in [0.29, 0.717) is 5.56 Å². The maximum Gasteiger partial charge on any atom is 0.257 e. The second kappa shape index (κ2) is 7.64. The number of hydrogen-bond donors (Lipinski definition) is 1. The monoisotopic (exact) mass is 306 g/mol. The fourth-order valence-electron chi connectivity index (χ4n) is 1.81. The Hall–Kier alpha value is -2.07. The highest BCUT2D eigenvalue weighted by molar-refractivity contribution is 6.04. The number of halogens is 1.